The first-order valence-corrected chi connectivity index (χ1v) is 7.21. The first kappa shape index (κ1) is 12.9. The lowest BCUT2D eigenvalue weighted by atomic mass is 10.1. The zero-order valence-electron chi connectivity index (χ0n) is 11.3. The van der Waals surface area contributed by atoms with Crippen LogP contribution >= 0.6 is 11.3 Å². The number of oxime groups is 1. The van der Waals surface area contributed by atoms with Gasteiger partial charge < -0.3 is 14.7 Å². The Bertz CT molecular complexity index is 672. The van der Waals surface area contributed by atoms with Crippen LogP contribution in [-0.4, -0.2) is 23.3 Å². The molecular weight excluding hydrogens is 274 g/mol. The molecule has 0 fully saturated rings. The lowest BCUT2D eigenvalue weighted by molar-refractivity contribution is 0.0940. The predicted molar refractivity (Wildman–Crippen MR) is 78.6 cm³/mol. The first-order valence-electron chi connectivity index (χ1n) is 6.33. The van der Waals surface area contributed by atoms with Gasteiger partial charge in [-0.1, -0.05) is 5.16 Å². The van der Waals surface area contributed by atoms with Crippen molar-refractivity contribution < 1.29 is 9.63 Å². The summed E-state index contributed by atoms with van der Waals surface area (Å²) in [4.78, 5) is 17.1. The molecule has 0 saturated carbocycles. The molecule has 6 heteroatoms. The van der Waals surface area contributed by atoms with E-state index >= 15 is 0 Å². The Balaban J connectivity index is 2.02. The Morgan fingerprint density at radius 2 is 2.40 bits per heavy atom. The average Bonchev–Trinajstić information content (AvgIpc) is 3.04. The van der Waals surface area contributed by atoms with Crippen molar-refractivity contribution in [1.29, 1.82) is 0 Å². The van der Waals surface area contributed by atoms with Crippen LogP contribution in [0.15, 0.2) is 34.9 Å². The monoisotopic (exact) mass is 289 g/mol. The van der Waals surface area contributed by atoms with Gasteiger partial charge in [0.2, 0.25) is 0 Å². The van der Waals surface area contributed by atoms with Gasteiger partial charge in [0.1, 0.15) is 12.1 Å². The minimum Gasteiger partial charge on any atom is -0.399 e. The summed E-state index contributed by atoms with van der Waals surface area (Å²) >= 11 is 1.57. The van der Waals surface area contributed by atoms with Gasteiger partial charge in [-0.3, -0.25) is 4.79 Å². The largest absolute Gasteiger partial charge is 0.399 e. The number of carbonyl (C=O) groups is 1. The topological polar surface area (TPSA) is 55.6 Å². The molecule has 1 aliphatic heterocycles. The number of nitrogens with zero attached hydrogens (tertiary/aromatic N) is 2. The van der Waals surface area contributed by atoms with Crippen LogP contribution in [0.5, 0.6) is 0 Å². The van der Waals surface area contributed by atoms with Gasteiger partial charge in [0, 0.05) is 18.3 Å². The molecule has 0 radical (unpaired) electrons. The highest BCUT2D eigenvalue weighted by molar-refractivity contribution is 7.13. The molecule has 20 heavy (non-hydrogen) atoms. The summed E-state index contributed by atoms with van der Waals surface area (Å²) in [5.41, 5.74) is 2.62. The van der Waals surface area contributed by atoms with Crippen molar-refractivity contribution in [2.45, 2.75) is 19.4 Å². The van der Waals surface area contributed by atoms with Gasteiger partial charge in [0.25, 0.3) is 5.91 Å². The maximum Gasteiger partial charge on any atom is 0.254 e. The standard InChI is InChI=1S/C14H15N3O2S/c1-9(16-19-2)8-11-12-4-3-6-17(12)14-10(5-7-20-14)13(18)15-11/h3-7,11H,8H2,1-2H3,(H,15,18)/b16-9+. The van der Waals surface area contributed by atoms with Crippen molar-refractivity contribution in [3.63, 3.8) is 0 Å². The Labute approximate surface area is 120 Å². The Morgan fingerprint density at radius 1 is 1.55 bits per heavy atom. The van der Waals surface area contributed by atoms with Gasteiger partial charge in [-0.25, -0.2) is 0 Å². The number of amides is 1. The molecule has 0 aromatic carbocycles. The molecule has 0 saturated heterocycles. The quantitative estimate of drug-likeness (QED) is 0.697. The zero-order chi connectivity index (χ0) is 14.1. The molecule has 1 unspecified atom stereocenters. The highest BCUT2D eigenvalue weighted by atomic mass is 32.1. The maximum atomic E-state index is 12.3. The summed E-state index contributed by atoms with van der Waals surface area (Å²) in [5, 5.41) is 9.89. The van der Waals surface area contributed by atoms with E-state index in [4.69, 9.17) is 4.84 Å². The molecular formula is C14H15N3O2S. The number of nitrogens with one attached hydrogen (secondary N) is 1. The fourth-order valence-corrected chi connectivity index (χ4v) is 3.38. The molecule has 0 bridgehead atoms. The van der Waals surface area contributed by atoms with E-state index in [9.17, 15) is 4.79 Å². The third kappa shape index (κ3) is 2.12. The summed E-state index contributed by atoms with van der Waals surface area (Å²) in [7, 11) is 1.52. The highest BCUT2D eigenvalue weighted by Crippen LogP contribution is 2.31. The van der Waals surface area contributed by atoms with Crippen molar-refractivity contribution in [3.8, 4) is 5.00 Å². The van der Waals surface area contributed by atoms with Crippen LogP contribution in [0.4, 0.5) is 0 Å². The van der Waals surface area contributed by atoms with E-state index in [0.717, 1.165) is 22.0 Å². The first-order chi connectivity index (χ1) is 9.70. The van der Waals surface area contributed by atoms with Gasteiger partial charge >= 0.3 is 0 Å². The smallest absolute Gasteiger partial charge is 0.254 e. The molecule has 0 spiro atoms. The van der Waals surface area contributed by atoms with Gasteiger partial charge in [-0.05, 0) is 30.5 Å². The summed E-state index contributed by atoms with van der Waals surface area (Å²) in [6.45, 7) is 1.89. The second-order valence-corrected chi connectivity index (χ2v) is 5.58. The molecule has 1 N–H and O–H groups in total. The van der Waals surface area contributed by atoms with Crippen LogP contribution in [0, 0.1) is 0 Å². The Hall–Kier alpha value is -2.08. The molecule has 0 aliphatic carbocycles. The number of hydrogen-bond acceptors (Lipinski definition) is 4. The van der Waals surface area contributed by atoms with Crippen molar-refractivity contribution in [1.82, 2.24) is 9.88 Å². The fourth-order valence-electron chi connectivity index (χ4n) is 2.48. The molecule has 1 atom stereocenters. The van der Waals surface area contributed by atoms with E-state index in [1.165, 1.54) is 7.11 Å². The van der Waals surface area contributed by atoms with Crippen LogP contribution in [0.2, 0.25) is 0 Å². The molecule has 2 aromatic rings. The van der Waals surface area contributed by atoms with E-state index in [-0.39, 0.29) is 11.9 Å². The molecule has 5 nitrogen and oxygen atoms in total. The Kier molecular flexibility index (Phi) is 3.31. The van der Waals surface area contributed by atoms with E-state index in [0.29, 0.717) is 6.42 Å². The Morgan fingerprint density at radius 3 is 3.20 bits per heavy atom. The summed E-state index contributed by atoms with van der Waals surface area (Å²) in [5.74, 6) is -0.0415. The second-order valence-electron chi connectivity index (χ2n) is 4.68. The van der Waals surface area contributed by atoms with E-state index in [1.54, 1.807) is 11.3 Å². The highest BCUT2D eigenvalue weighted by Gasteiger charge is 2.27. The van der Waals surface area contributed by atoms with E-state index < -0.39 is 0 Å². The van der Waals surface area contributed by atoms with Gasteiger partial charge in [-0.15, -0.1) is 11.3 Å². The van der Waals surface area contributed by atoms with Crippen LogP contribution < -0.4 is 5.32 Å². The van der Waals surface area contributed by atoms with Crippen LogP contribution in [0.25, 0.3) is 5.00 Å². The minimum absolute atomic E-state index is 0.0415. The normalized spacial score (nSPS) is 18.0. The van der Waals surface area contributed by atoms with Crippen molar-refractivity contribution in [3.05, 3.63) is 41.0 Å². The lowest BCUT2D eigenvalue weighted by Crippen LogP contribution is -2.28. The number of rotatable bonds is 3. The molecule has 3 heterocycles. The summed E-state index contributed by atoms with van der Waals surface area (Å²) < 4.78 is 2.07. The number of carbonyl (C=O) groups excluding carboxylic acids is 1. The fraction of sp³-hybridized carbons (Fsp3) is 0.286. The van der Waals surface area contributed by atoms with Gasteiger partial charge in [0.05, 0.1) is 17.3 Å². The third-order valence-electron chi connectivity index (χ3n) is 3.30. The number of fused-ring (bicyclic) bond motifs is 3. The van der Waals surface area contributed by atoms with Gasteiger partial charge in [0.15, 0.2) is 0 Å². The third-order valence-corrected chi connectivity index (χ3v) is 4.21. The predicted octanol–water partition coefficient (Wildman–Crippen LogP) is 2.74. The zero-order valence-corrected chi connectivity index (χ0v) is 12.1. The van der Waals surface area contributed by atoms with Crippen LogP contribution in [0.3, 0.4) is 0 Å². The minimum atomic E-state index is -0.101. The van der Waals surface area contributed by atoms with E-state index in [2.05, 4.69) is 15.0 Å². The van der Waals surface area contributed by atoms with Gasteiger partial charge in [-0.2, -0.15) is 0 Å². The SMILES string of the molecule is CO/N=C(\C)CC1NC(=O)c2ccsc2-n2cccc21. The second kappa shape index (κ2) is 5.13. The number of hydrogen-bond donors (Lipinski definition) is 1. The molecule has 1 amide bonds. The molecule has 104 valence electrons. The number of thiophene rings is 1. The van der Waals surface area contributed by atoms with Crippen molar-refractivity contribution in [2.75, 3.05) is 7.11 Å². The van der Waals surface area contributed by atoms with Crippen LogP contribution in [-0.2, 0) is 4.84 Å². The molecule has 1 aliphatic rings. The lowest BCUT2D eigenvalue weighted by Gasteiger charge is -2.16. The molecule has 2 aromatic heterocycles. The summed E-state index contributed by atoms with van der Waals surface area (Å²) in [6, 6.07) is 5.78. The molecule has 3 rings (SSSR count). The van der Waals surface area contributed by atoms with Crippen molar-refractivity contribution in [2.24, 2.45) is 5.16 Å². The average molecular weight is 289 g/mol. The van der Waals surface area contributed by atoms with Crippen LogP contribution in [0.1, 0.15) is 35.4 Å². The maximum absolute atomic E-state index is 12.3. The van der Waals surface area contributed by atoms with E-state index in [1.807, 2.05) is 36.7 Å². The van der Waals surface area contributed by atoms with Crippen molar-refractivity contribution >= 4 is 23.0 Å². The number of aromatic nitrogens is 1. The summed E-state index contributed by atoms with van der Waals surface area (Å²) in [6.07, 6.45) is 2.61.